The molecule has 2 aromatic rings. The van der Waals surface area contributed by atoms with Crippen LogP contribution in [0.2, 0.25) is 0 Å². The van der Waals surface area contributed by atoms with Gasteiger partial charge in [-0.25, -0.2) is 14.6 Å². The van der Waals surface area contributed by atoms with Crippen molar-refractivity contribution in [2.24, 2.45) is 0 Å². The first-order valence-corrected chi connectivity index (χ1v) is 7.91. The molecular weight excluding hydrogens is 335 g/mol. The number of rotatable bonds is 4. The fourth-order valence-electron chi connectivity index (χ4n) is 3.81. The topological polar surface area (TPSA) is 67.2 Å². The van der Waals surface area contributed by atoms with E-state index in [1.54, 1.807) is 18.5 Å². The van der Waals surface area contributed by atoms with E-state index in [1.165, 1.54) is 24.5 Å². The average Bonchev–Trinajstić information content (AvgIpc) is 3.24. The molecule has 0 bridgehead atoms. The van der Waals surface area contributed by atoms with E-state index >= 15 is 0 Å². The van der Waals surface area contributed by atoms with Crippen LogP contribution in [-0.2, 0) is 10.2 Å². The fourth-order valence-corrected chi connectivity index (χ4v) is 3.81. The molecule has 3 rings (SSSR count). The first-order valence-electron chi connectivity index (χ1n) is 7.91. The van der Waals surface area contributed by atoms with Crippen LogP contribution < -0.4 is 5.48 Å². The van der Waals surface area contributed by atoms with Crippen LogP contribution in [0, 0.1) is 12.7 Å². The van der Waals surface area contributed by atoms with Crippen molar-refractivity contribution < 1.29 is 23.2 Å². The summed E-state index contributed by atoms with van der Waals surface area (Å²) in [4.78, 5) is 12.5. The first-order chi connectivity index (χ1) is 11.9. The van der Waals surface area contributed by atoms with Gasteiger partial charge in [0.1, 0.15) is 5.82 Å². The second-order valence-corrected chi connectivity index (χ2v) is 6.41. The number of alkyl halides is 2. The van der Waals surface area contributed by atoms with E-state index in [2.05, 4.69) is 5.10 Å². The summed E-state index contributed by atoms with van der Waals surface area (Å²) in [6.45, 7) is -1.15. The fraction of sp³-hybridized carbons (Fsp3) is 0.412. The van der Waals surface area contributed by atoms with E-state index in [1.807, 2.05) is 0 Å². The van der Waals surface area contributed by atoms with Crippen LogP contribution >= 0.6 is 0 Å². The molecule has 5 nitrogen and oxygen atoms in total. The minimum Gasteiger partial charge on any atom is -0.289 e. The number of hydrogen-bond acceptors (Lipinski definition) is 3. The predicted molar refractivity (Wildman–Crippen MR) is 82.8 cm³/mol. The zero-order chi connectivity index (χ0) is 18.2. The van der Waals surface area contributed by atoms with Gasteiger partial charge in [0.25, 0.3) is 5.91 Å². The van der Waals surface area contributed by atoms with Crippen molar-refractivity contribution in [3.05, 3.63) is 53.1 Å². The molecule has 1 fully saturated rings. The van der Waals surface area contributed by atoms with Gasteiger partial charge in [0.15, 0.2) is 0 Å². The third-order valence-electron chi connectivity index (χ3n) is 5.13. The van der Waals surface area contributed by atoms with Gasteiger partial charge in [0.2, 0.25) is 0 Å². The number of carbonyl (C=O) groups is 1. The quantitative estimate of drug-likeness (QED) is 0.654. The zero-order valence-electron chi connectivity index (χ0n) is 13.5. The maximum Gasteiger partial charge on any atom is 0.333 e. The minimum atomic E-state index is -2.73. The number of nitrogens with one attached hydrogen (secondary N) is 1. The molecule has 1 aliphatic rings. The van der Waals surface area contributed by atoms with Crippen LogP contribution in [0.4, 0.5) is 13.2 Å². The second-order valence-electron chi connectivity index (χ2n) is 6.41. The largest absolute Gasteiger partial charge is 0.333 e. The van der Waals surface area contributed by atoms with Crippen LogP contribution in [0.1, 0.15) is 48.4 Å². The number of aromatic nitrogens is 2. The summed E-state index contributed by atoms with van der Waals surface area (Å²) in [5.74, 6) is -1.24. The highest BCUT2D eigenvalue weighted by Crippen LogP contribution is 2.49. The molecule has 0 aliphatic heterocycles. The Bertz CT molecular complexity index is 793. The lowest BCUT2D eigenvalue weighted by Gasteiger charge is -2.29. The van der Waals surface area contributed by atoms with Gasteiger partial charge in [0.05, 0.1) is 11.6 Å². The van der Waals surface area contributed by atoms with Gasteiger partial charge in [-0.15, -0.1) is 0 Å². The highest BCUT2D eigenvalue weighted by molar-refractivity contribution is 5.88. The Kier molecular flexibility index (Phi) is 4.55. The Labute approximate surface area is 142 Å². The highest BCUT2D eigenvalue weighted by Gasteiger charge is 2.48. The van der Waals surface area contributed by atoms with E-state index in [0.29, 0.717) is 34.2 Å². The second kappa shape index (κ2) is 6.51. The molecule has 8 heteroatoms. The van der Waals surface area contributed by atoms with E-state index in [-0.39, 0.29) is 12.3 Å². The standard InChI is InChI=1S/C17H18F3N3O2/c1-10-13(3-2-4-14(10)18)17(15(24)22-25)6-5-11(7-17)12-8-21-23(9-12)16(19)20/h2-4,8-9,11,16,25H,5-7H2,1H3,(H,22,24)/t11-,17-/m0/s1. The molecule has 1 saturated carbocycles. The Morgan fingerprint density at radius 2 is 2.24 bits per heavy atom. The van der Waals surface area contributed by atoms with Crippen molar-refractivity contribution in [2.75, 3.05) is 0 Å². The van der Waals surface area contributed by atoms with Crippen molar-refractivity contribution in [2.45, 2.75) is 44.1 Å². The molecule has 25 heavy (non-hydrogen) atoms. The SMILES string of the molecule is Cc1c(F)cccc1[C@]1(C(=O)NO)CC[C@H](c2cnn(C(F)F)c2)C1. The van der Waals surface area contributed by atoms with Gasteiger partial charge in [0, 0.05) is 6.20 Å². The maximum atomic E-state index is 14.0. The number of hydroxylamine groups is 1. The average molecular weight is 353 g/mol. The molecule has 1 aromatic carbocycles. The van der Waals surface area contributed by atoms with E-state index in [4.69, 9.17) is 0 Å². The molecule has 2 atom stereocenters. The number of carbonyl (C=O) groups excluding carboxylic acids is 1. The number of halogens is 3. The molecule has 0 spiro atoms. The third kappa shape index (κ3) is 2.90. The van der Waals surface area contributed by atoms with Gasteiger partial charge in [-0.2, -0.15) is 13.9 Å². The molecule has 1 aromatic heterocycles. The van der Waals surface area contributed by atoms with Crippen LogP contribution in [-0.4, -0.2) is 20.9 Å². The highest BCUT2D eigenvalue weighted by atomic mass is 19.3. The van der Waals surface area contributed by atoms with Gasteiger partial charge in [-0.05, 0) is 54.9 Å². The smallest absolute Gasteiger partial charge is 0.289 e. The number of amides is 1. The summed E-state index contributed by atoms with van der Waals surface area (Å²) < 4.78 is 40.0. The Balaban J connectivity index is 1.98. The van der Waals surface area contributed by atoms with Gasteiger partial charge >= 0.3 is 6.55 Å². The number of benzene rings is 1. The molecule has 1 aliphatic carbocycles. The summed E-state index contributed by atoms with van der Waals surface area (Å²) in [5.41, 5.74) is 2.02. The summed E-state index contributed by atoms with van der Waals surface area (Å²) >= 11 is 0. The van der Waals surface area contributed by atoms with E-state index in [0.717, 1.165) is 0 Å². The van der Waals surface area contributed by atoms with Crippen molar-refractivity contribution >= 4 is 5.91 Å². The van der Waals surface area contributed by atoms with Crippen LogP contribution in [0.15, 0.2) is 30.6 Å². The number of nitrogens with zero attached hydrogens (tertiary/aromatic N) is 2. The van der Waals surface area contributed by atoms with E-state index in [9.17, 15) is 23.2 Å². The zero-order valence-corrected chi connectivity index (χ0v) is 13.5. The summed E-state index contributed by atoms with van der Waals surface area (Å²) in [5, 5.41) is 12.8. The summed E-state index contributed by atoms with van der Waals surface area (Å²) in [6, 6.07) is 4.49. The van der Waals surface area contributed by atoms with Crippen LogP contribution in [0.5, 0.6) is 0 Å². The molecule has 0 saturated heterocycles. The van der Waals surface area contributed by atoms with Crippen molar-refractivity contribution in [3.63, 3.8) is 0 Å². The molecule has 1 heterocycles. The molecule has 2 N–H and O–H groups in total. The lowest BCUT2D eigenvalue weighted by atomic mass is 9.75. The third-order valence-corrected chi connectivity index (χ3v) is 5.13. The predicted octanol–water partition coefficient (Wildman–Crippen LogP) is 3.44. The van der Waals surface area contributed by atoms with Crippen molar-refractivity contribution in [1.82, 2.24) is 15.3 Å². The first kappa shape index (κ1) is 17.5. The lowest BCUT2D eigenvalue weighted by molar-refractivity contribution is -0.135. The molecule has 0 radical (unpaired) electrons. The van der Waals surface area contributed by atoms with Crippen molar-refractivity contribution in [1.29, 1.82) is 0 Å². The van der Waals surface area contributed by atoms with Gasteiger partial charge in [-0.1, -0.05) is 12.1 Å². The van der Waals surface area contributed by atoms with Crippen LogP contribution in [0.25, 0.3) is 0 Å². The minimum absolute atomic E-state index is 0.188. The number of hydrogen-bond donors (Lipinski definition) is 2. The van der Waals surface area contributed by atoms with Crippen LogP contribution in [0.3, 0.4) is 0 Å². The monoisotopic (exact) mass is 353 g/mol. The van der Waals surface area contributed by atoms with Gasteiger partial charge < -0.3 is 0 Å². The lowest BCUT2D eigenvalue weighted by Crippen LogP contribution is -2.42. The molecular formula is C17H18F3N3O2. The normalized spacial score (nSPS) is 23.2. The van der Waals surface area contributed by atoms with Gasteiger partial charge in [-0.3, -0.25) is 10.0 Å². The maximum absolute atomic E-state index is 14.0. The Hall–Kier alpha value is -2.35. The molecule has 134 valence electrons. The Morgan fingerprint density at radius 3 is 2.88 bits per heavy atom. The Morgan fingerprint density at radius 1 is 1.48 bits per heavy atom. The molecule has 1 amide bonds. The molecule has 0 unspecified atom stereocenters. The summed E-state index contributed by atoms with van der Waals surface area (Å²) in [6.07, 6.45) is 3.81. The summed E-state index contributed by atoms with van der Waals surface area (Å²) in [7, 11) is 0. The van der Waals surface area contributed by atoms with E-state index < -0.39 is 23.7 Å². The van der Waals surface area contributed by atoms with Crippen molar-refractivity contribution in [3.8, 4) is 0 Å².